The number of aliphatic hydroxyl groups is 1. The molecule has 0 aliphatic heterocycles. The van der Waals surface area contributed by atoms with Crippen molar-refractivity contribution >= 4 is 23.0 Å². The number of benzene rings is 2. The van der Waals surface area contributed by atoms with E-state index in [0.29, 0.717) is 29.7 Å². The molecule has 1 heterocycles. The third kappa shape index (κ3) is 3.81. The van der Waals surface area contributed by atoms with E-state index in [4.69, 9.17) is 14.0 Å². The van der Waals surface area contributed by atoms with Gasteiger partial charge in [0.15, 0.2) is 5.76 Å². The Morgan fingerprint density at radius 2 is 1.88 bits per heavy atom. The van der Waals surface area contributed by atoms with Crippen LogP contribution < -0.4 is 9.64 Å². The molecule has 3 aromatic rings. The standard InChI is InChI=1S/C34H35N2O6/c1-7-11-21-28-19(3)22-16-23-24(36(4)5)15-14-18(2)25(23)29(37)26(22)31(38)34(28,40-6)32(39)27-30(21)42-35-33(27)41-17-20-12-9-8-10-13-20/h7-10,12-15,21-22,28,37H,3,11,16-17H2,1-2,4-6H3/q-1. The van der Waals surface area contributed by atoms with E-state index in [2.05, 4.69) is 11.7 Å². The highest BCUT2D eigenvalue weighted by atomic mass is 16.5. The van der Waals surface area contributed by atoms with Gasteiger partial charge in [0, 0.05) is 55.8 Å². The number of methoxy groups -OCH3 is 1. The van der Waals surface area contributed by atoms with Gasteiger partial charge in [-0.25, -0.2) is 0 Å². The van der Waals surface area contributed by atoms with Crippen LogP contribution in [0.15, 0.2) is 64.7 Å². The number of anilines is 1. The summed E-state index contributed by atoms with van der Waals surface area (Å²) in [5.41, 5.74) is 3.26. The topological polar surface area (TPSA) is 102 Å². The molecule has 42 heavy (non-hydrogen) atoms. The van der Waals surface area contributed by atoms with Crippen molar-refractivity contribution in [3.63, 3.8) is 0 Å². The lowest BCUT2D eigenvalue weighted by molar-refractivity contribution is -0.140. The summed E-state index contributed by atoms with van der Waals surface area (Å²) in [6.45, 7) is 8.48. The number of aromatic nitrogens is 1. The minimum absolute atomic E-state index is 0.0222. The van der Waals surface area contributed by atoms with Crippen LogP contribution in [0.25, 0.3) is 5.76 Å². The Morgan fingerprint density at radius 1 is 1.14 bits per heavy atom. The predicted octanol–water partition coefficient (Wildman–Crippen LogP) is 5.80. The molecule has 2 aromatic carbocycles. The van der Waals surface area contributed by atoms with Gasteiger partial charge in [0.25, 0.3) is 5.88 Å². The van der Waals surface area contributed by atoms with Crippen LogP contribution in [0.1, 0.15) is 57.6 Å². The van der Waals surface area contributed by atoms with Crippen LogP contribution in [0, 0.1) is 25.2 Å². The van der Waals surface area contributed by atoms with Crippen LogP contribution in [0.5, 0.6) is 5.88 Å². The molecule has 4 atom stereocenters. The summed E-state index contributed by atoms with van der Waals surface area (Å²) in [6.07, 6.45) is 2.93. The summed E-state index contributed by atoms with van der Waals surface area (Å²) in [5.74, 6) is -2.53. The Hall–Kier alpha value is -4.17. The number of nitrogens with zero attached hydrogens (tertiary/aromatic N) is 2. The molecule has 3 aliphatic rings. The summed E-state index contributed by atoms with van der Waals surface area (Å²) in [4.78, 5) is 31.3. The van der Waals surface area contributed by atoms with Gasteiger partial charge in [-0.15, -0.1) is 0 Å². The van der Waals surface area contributed by atoms with Crippen molar-refractivity contribution in [2.24, 2.45) is 11.8 Å². The number of rotatable bonds is 7. The van der Waals surface area contributed by atoms with Crippen LogP contribution in [0.4, 0.5) is 5.69 Å². The van der Waals surface area contributed by atoms with Crippen molar-refractivity contribution < 1.29 is 28.7 Å². The maximum Gasteiger partial charge on any atom is 0.265 e. The monoisotopic (exact) mass is 567 g/mol. The molecule has 218 valence electrons. The third-order valence-electron chi connectivity index (χ3n) is 9.11. The number of hydrogen-bond acceptors (Lipinski definition) is 8. The van der Waals surface area contributed by atoms with E-state index >= 15 is 0 Å². The van der Waals surface area contributed by atoms with Crippen molar-refractivity contribution in [3.8, 4) is 5.88 Å². The Morgan fingerprint density at radius 3 is 2.55 bits per heavy atom. The number of hydrogen-bond donors (Lipinski definition) is 1. The van der Waals surface area contributed by atoms with E-state index in [1.807, 2.05) is 81.7 Å². The molecular weight excluding hydrogens is 532 g/mol. The average Bonchev–Trinajstić information content (AvgIpc) is 3.41. The van der Waals surface area contributed by atoms with Gasteiger partial charge in [-0.2, -0.15) is 13.3 Å². The number of Topliss-reactive ketones (excluding diaryl/α,β-unsaturated/α-hetero) is 2. The highest BCUT2D eigenvalue weighted by Crippen LogP contribution is 2.59. The molecule has 1 N–H and O–H groups in total. The molecule has 0 bridgehead atoms. The van der Waals surface area contributed by atoms with Gasteiger partial charge < -0.3 is 30.4 Å². The Bertz CT molecular complexity index is 1630. The molecule has 1 aromatic heterocycles. The van der Waals surface area contributed by atoms with E-state index in [9.17, 15) is 14.7 Å². The summed E-state index contributed by atoms with van der Waals surface area (Å²) in [5, 5.41) is 15.9. The quantitative estimate of drug-likeness (QED) is 0.217. The summed E-state index contributed by atoms with van der Waals surface area (Å²) >= 11 is 0. The van der Waals surface area contributed by atoms with Crippen LogP contribution in [-0.4, -0.2) is 48.6 Å². The van der Waals surface area contributed by atoms with Gasteiger partial charge in [0.05, 0.1) is 0 Å². The van der Waals surface area contributed by atoms with Crippen LogP contribution in [0.3, 0.4) is 0 Å². The zero-order valence-electron chi connectivity index (χ0n) is 24.6. The molecule has 3 aliphatic carbocycles. The third-order valence-corrected chi connectivity index (χ3v) is 9.11. The first-order chi connectivity index (χ1) is 20.2. The predicted molar refractivity (Wildman–Crippen MR) is 159 cm³/mol. The van der Waals surface area contributed by atoms with Crippen LogP contribution in [-0.2, 0) is 22.6 Å². The van der Waals surface area contributed by atoms with E-state index in [1.165, 1.54) is 7.11 Å². The van der Waals surface area contributed by atoms with Gasteiger partial charge in [-0.1, -0.05) is 48.6 Å². The van der Waals surface area contributed by atoms with E-state index in [1.54, 1.807) is 0 Å². The second-order valence-electron chi connectivity index (χ2n) is 11.6. The van der Waals surface area contributed by atoms with Crippen molar-refractivity contribution in [1.82, 2.24) is 5.16 Å². The number of aliphatic hydroxyl groups excluding tert-OH is 1. The molecule has 0 saturated heterocycles. The van der Waals surface area contributed by atoms with Crippen LogP contribution >= 0.6 is 0 Å². The van der Waals surface area contributed by atoms with E-state index < -0.39 is 34.9 Å². The lowest BCUT2D eigenvalue weighted by atomic mass is 9.53. The van der Waals surface area contributed by atoms with Gasteiger partial charge in [0.1, 0.15) is 17.9 Å². The second kappa shape index (κ2) is 10.3. The fraction of sp³-hybridized carbons (Fsp3) is 0.353. The summed E-state index contributed by atoms with van der Waals surface area (Å²) in [7, 11) is 5.28. The average molecular weight is 568 g/mol. The molecule has 0 radical (unpaired) electrons. The van der Waals surface area contributed by atoms with Gasteiger partial charge in [-0.3, -0.25) is 9.59 Å². The first-order valence-electron chi connectivity index (χ1n) is 14.2. The molecule has 8 nitrogen and oxygen atoms in total. The number of ketones is 2. The van der Waals surface area contributed by atoms with Crippen molar-refractivity contribution in [3.05, 3.63) is 100 Å². The van der Waals surface area contributed by atoms with Gasteiger partial charge >= 0.3 is 0 Å². The molecular formula is C34H35N2O6-. The van der Waals surface area contributed by atoms with Crippen molar-refractivity contribution in [2.45, 2.75) is 44.8 Å². The number of aryl methyl sites for hydroxylation is 1. The first kappa shape index (κ1) is 28.0. The lowest BCUT2D eigenvalue weighted by Crippen LogP contribution is -2.63. The fourth-order valence-electron chi connectivity index (χ4n) is 7.22. The number of carbonyl (C=O) groups is 2. The minimum atomic E-state index is -1.95. The highest BCUT2D eigenvalue weighted by Gasteiger charge is 2.67. The second-order valence-corrected chi connectivity index (χ2v) is 11.6. The molecule has 8 heteroatoms. The largest absolute Gasteiger partial charge is 0.507 e. The molecule has 6 rings (SSSR count). The molecule has 0 amide bonds. The molecule has 0 spiro atoms. The summed E-state index contributed by atoms with van der Waals surface area (Å²) < 4.78 is 17.8. The summed E-state index contributed by atoms with van der Waals surface area (Å²) in [6, 6.07) is 13.5. The first-order valence-corrected chi connectivity index (χ1v) is 14.2. The Balaban J connectivity index is 1.52. The fourth-order valence-corrected chi connectivity index (χ4v) is 7.22. The maximum atomic E-state index is 14.7. The normalized spacial score (nSPS) is 24.6. The molecule has 1 fully saturated rings. The van der Waals surface area contributed by atoms with Crippen molar-refractivity contribution in [1.29, 1.82) is 0 Å². The van der Waals surface area contributed by atoms with Gasteiger partial charge in [0.2, 0.25) is 17.2 Å². The lowest BCUT2D eigenvalue weighted by Gasteiger charge is -2.52. The number of ether oxygens (including phenoxy) is 2. The highest BCUT2D eigenvalue weighted by molar-refractivity contribution is 6.27. The zero-order valence-corrected chi connectivity index (χ0v) is 24.6. The minimum Gasteiger partial charge on any atom is -0.507 e. The molecule has 4 unspecified atom stereocenters. The van der Waals surface area contributed by atoms with Crippen molar-refractivity contribution in [2.75, 3.05) is 26.1 Å². The SMILES string of the molecule is C=C1C2Cc3c(N(C)C)ccc(C)c3C(O)=C2C(=O)C2(OC)C(=O)c3c(OCc4ccccc4)noc3C(C[CH-]C)C12. The van der Waals surface area contributed by atoms with Gasteiger partial charge in [-0.05, 0) is 41.3 Å². The number of carbonyl (C=O) groups excluding carboxylic acids is 2. The van der Waals surface area contributed by atoms with E-state index in [-0.39, 0.29) is 29.4 Å². The number of fused-ring (bicyclic) bond motifs is 4. The Kier molecular flexibility index (Phi) is 6.84. The molecule has 1 saturated carbocycles. The van der Waals surface area contributed by atoms with E-state index in [0.717, 1.165) is 22.4 Å². The smallest absolute Gasteiger partial charge is 0.265 e. The zero-order chi connectivity index (χ0) is 29.9. The van der Waals surface area contributed by atoms with Crippen LogP contribution in [0.2, 0.25) is 0 Å². The Labute approximate surface area is 245 Å². The maximum absolute atomic E-state index is 14.7.